The highest BCUT2D eigenvalue weighted by atomic mass is 16.5. The number of hydrogen-bond donors (Lipinski definition) is 1. The van der Waals surface area contributed by atoms with E-state index in [0.717, 1.165) is 0 Å². The van der Waals surface area contributed by atoms with Crippen LogP contribution in [-0.4, -0.2) is 23.0 Å². The fraction of sp³-hybridized carbons (Fsp3) is 0.250. The molecule has 90 valence electrons. The number of carbonyl (C=O) groups is 1. The molecule has 0 spiro atoms. The third-order valence-corrected chi connectivity index (χ3v) is 1.98. The zero-order valence-electron chi connectivity index (χ0n) is 9.98. The molecule has 0 saturated heterocycles. The molecule has 1 N–H and O–H groups in total. The molecule has 0 bridgehead atoms. The average Bonchev–Trinajstić information content (AvgIpc) is 2.39. The van der Waals surface area contributed by atoms with E-state index in [9.17, 15) is 9.59 Å². The number of methoxy groups -OCH3 is 1. The third-order valence-electron chi connectivity index (χ3n) is 1.98. The number of ether oxygens (including phenoxy) is 1. The Morgan fingerprint density at radius 2 is 1.94 bits per heavy atom. The SMILES string of the molecule is CC.COC(=O)c1nc2ccccc2[nH]c1=O. The van der Waals surface area contributed by atoms with Crippen molar-refractivity contribution in [1.82, 2.24) is 9.97 Å². The maximum absolute atomic E-state index is 11.4. The lowest BCUT2D eigenvalue weighted by Crippen LogP contribution is -2.21. The second-order valence-corrected chi connectivity index (χ2v) is 2.92. The van der Waals surface area contributed by atoms with Gasteiger partial charge in [0.2, 0.25) is 5.69 Å². The molecule has 2 rings (SSSR count). The highest BCUT2D eigenvalue weighted by Gasteiger charge is 2.13. The van der Waals surface area contributed by atoms with E-state index < -0.39 is 11.5 Å². The summed E-state index contributed by atoms with van der Waals surface area (Å²) < 4.78 is 4.44. The molecule has 1 aromatic heterocycles. The molecule has 0 radical (unpaired) electrons. The molecule has 0 unspecified atom stereocenters. The molecule has 1 heterocycles. The van der Waals surface area contributed by atoms with Crippen LogP contribution in [0.1, 0.15) is 24.3 Å². The summed E-state index contributed by atoms with van der Waals surface area (Å²) in [4.78, 5) is 29.1. The van der Waals surface area contributed by atoms with Gasteiger partial charge in [0.25, 0.3) is 5.56 Å². The van der Waals surface area contributed by atoms with Crippen molar-refractivity contribution in [3.05, 3.63) is 40.3 Å². The normalized spacial score (nSPS) is 9.35. The number of H-pyrrole nitrogens is 1. The monoisotopic (exact) mass is 234 g/mol. The lowest BCUT2D eigenvalue weighted by molar-refractivity contribution is 0.0592. The molecule has 0 saturated carbocycles. The van der Waals surface area contributed by atoms with Crippen molar-refractivity contribution < 1.29 is 9.53 Å². The van der Waals surface area contributed by atoms with Crippen LogP contribution < -0.4 is 5.56 Å². The molecule has 1 aromatic carbocycles. The van der Waals surface area contributed by atoms with Gasteiger partial charge in [-0.15, -0.1) is 0 Å². The molecule has 0 atom stereocenters. The lowest BCUT2D eigenvalue weighted by Gasteiger charge is -1.99. The molecular weight excluding hydrogens is 220 g/mol. The maximum atomic E-state index is 11.4. The minimum absolute atomic E-state index is 0.226. The van der Waals surface area contributed by atoms with Gasteiger partial charge in [0.15, 0.2) is 0 Å². The summed E-state index contributed by atoms with van der Waals surface area (Å²) in [7, 11) is 1.21. The summed E-state index contributed by atoms with van der Waals surface area (Å²) in [6.45, 7) is 4.00. The van der Waals surface area contributed by atoms with Crippen LogP contribution in [0.2, 0.25) is 0 Å². The van der Waals surface area contributed by atoms with Crippen molar-refractivity contribution in [2.75, 3.05) is 7.11 Å². The number of aromatic nitrogens is 2. The number of para-hydroxylation sites is 2. The summed E-state index contributed by atoms with van der Waals surface area (Å²) in [5.74, 6) is -0.734. The van der Waals surface area contributed by atoms with E-state index in [1.807, 2.05) is 13.8 Å². The first kappa shape index (κ1) is 12.9. The van der Waals surface area contributed by atoms with Crippen LogP contribution in [0.4, 0.5) is 0 Å². The topological polar surface area (TPSA) is 72.0 Å². The molecular formula is C12H14N2O3. The van der Waals surface area contributed by atoms with Crippen molar-refractivity contribution in [1.29, 1.82) is 0 Å². The van der Waals surface area contributed by atoms with Crippen molar-refractivity contribution in [3.63, 3.8) is 0 Å². The predicted molar refractivity (Wildman–Crippen MR) is 65.1 cm³/mol. The molecule has 0 amide bonds. The summed E-state index contributed by atoms with van der Waals surface area (Å²) in [5, 5.41) is 0. The predicted octanol–water partition coefficient (Wildman–Crippen LogP) is 1.74. The number of aromatic amines is 1. The van der Waals surface area contributed by atoms with Crippen LogP contribution in [0.5, 0.6) is 0 Å². The van der Waals surface area contributed by atoms with E-state index in [4.69, 9.17) is 0 Å². The highest BCUT2D eigenvalue weighted by molar-refractivity contribution is 5.89. The largest absolute Gasteiger partial charge is 0.464 e. The van der Waals surface area contributed by atoms with E-state index in [0.29, 0.717) is 11.0 Å². The second-order valence-electron chi connectivity index (χ2n) is 2.92. The zero-order valence-corrected chi connectivity index (χ0v) is 9.98. The molecule has 17 heavy (non-hydrogen) atoms. The Balaban J connectivity index is 0.000000686. The van der Waals surface area contributed by atoms with Gasteiger partial charge in [-0.2, -0.15) is 0 Å². The minimum atomic E-state index is -0.734. The van der Waals surface area contributed by atoms with E-state index in [-0.39, 0.29) is 5.69 Å². The minimum Gasteiger partial charge on any atom is -0.464 e. The van der Waals surface area contributed by atoms with Crippen LogP contribution in [-0.2, 0) is 4.74 Å². The Morgan fingerprint density at radius 1 is 1.29 bits per heavy atom. The molecule has 5 heteroatoms. The third kappa shape index (κ3) is 2.69. The first-order valence-corrected chi connectivity index (χ1v) is 5.30. The van der Waals surface area contributed by atoms with Crippen LogP contribution in [0, 0.1) is 0 Å². The number of carbonyl (C=O) groups excluding carboxylic acids is 1. The molecule has 2 aromatic rings. The van der Waals surface area contributed by atoms with Crippen molar-refractivity contribution in [2.45, 2.75) is 13.8 Å². The highest BCUT2D eigenvalue weighted by Crippen LogP contribution is 2.05. The second kappa shape index (κ2) is 5.79. The summed E-state index contributed by atoms with van der Waals surface area (Å²) in [6.07, 6.45) is 0. The van der Waals surface area contributed by atoms with Gasteiger partial charge in [0, 0.05) is 0 Å². The smallest absolute Gasteiger partial charge is 0.362 e. The summed E-state index contributed by atoms with van der Waals surface area (Å²) in [6, 6.07) is 6.97. The van der Waals surface area contributed by atoms with Gasteiger partial charge in [-0.3, -0.25) is 4.79 Å². The van der Waals surface area contributed by atoms with E-state index in [1.165, 1.54) is 7.11 Å². The number of fused-ring (bicyclic) bond motifs is 1. The van der Waals surface area contributed by atoms with Crippen LogP contribution >= 0.6 is 0 Å². The zero-order chi connectivity index (χ0) is 12.8. The molecule has 0 aliphatic rings. The van der Waals surface area contributed by atoms with Gasteiger partial charge < -0.3 is 9.72 Å². The fourth-order valence-corrected chi connectivity index (χ4v) is 1.26. The van der Waals surface area contributed by atoms with Gasteiger partial charge in [-0.05, 0) is 12.1 Å². The quantitative estimate of drug-likeness (QED) is 0.763. The number of rotatable bonds is 1. The Morgan fingerprint density at radius 3 is 2.59 bits per heavy atom. The van der Waals surface area contributed by atoms with Crippen molar-refractivity contribution in [3.8, 4) is 0 Å². The number of nitrogens with zero attached hydrogens (tertiary/aromatic N) is 1. The Hall–Kier alpha value is -2.17. The Labute approximate surface area is 98.5 Å². The maximum Gasteiger partial charge on any atom is 0.362 e. The number of nitrogens with one attached hydrogen (secondary N) is 1. The van der Waals surface area contributed by atoms with Crippen molar-refractivity contribution in [2.24, 2.45) is 0 Å². The number of esters is 1. The van der Waals surface area contributed by atoms with Gasteiger partial charge in [-0.25, -0.2) is 9.78 Å². The van der Waals surface area contributed by atoms with Gasteiger partial charge >= 0.3 is 5.97 Å². The molecule has 0 aliphatic carbocycles. The van der Waals surface area contributed by atoms with E-state index in [2.05, 4.69) is 14.7 Å². The van der Waals surface area contributed by atoms with Gasteiger partial charge in [-0.1, -0.05) is 26.0 Å². The van der Waals surface area contributed by atoms with Crippen LogP contribution in [0.3, 0.4) is 0 Å². The van der Waals surface area contributed by atoms with Gasteiger partial charge in [0.05, 0.1) is 18.1 Å². The first-order chi connectivity index (χ1) is 8.22. The number of hydrogen-bond acceptors (Lipinski definition) is 4. The van der Waals surface area contributed by atoms with E-state index in [1.54, 1.807) is 24.3 Å². The van der Waals surface area contributed by atoms with Crippen molar-refractivity contribution >= 4 is 17.0 Å². The Kier molecular flexibility index (Phi) is 4.39. The number of benzene rings is 1. The molecule has 5 nitrogen and oxygen atoms in total. The van der Waals surface area contributed by atoms with E-state index >= 15 is 0 Å². The van der Waals surface area contributed by atoms with Crippen LogP contribution in [0.15, 0.2) is 29.1 Å². The fourth-order valence-electron chi connectivity index (χ4n) is 1.26. The Bertz CT molecular complexity index is 575. The summed E-state index contributed by atoms with van der Waals surface area (Å²) in [5.41, 5.74) is 0.379. The lowest BCUT2D eigenvalue weighted by atomic mass is 10.3. The van der Waals surface area contributed by atoms with Gasteiger partial charge in [0.1, 0.15) is 0 Å². The molecule has 0 fully saturated rings. The molecule has 0 aliphatic heterocycles. The average molecular weight is 234 g/mol. The summed E-state index contributed by atoms with van der Waals surface area (Å²) >= 11 is 0. The van der Waals surface area contributed by atoms with Crippen LogP contribution in [0.25, 0.3) is 11.0 Å². The standard InChI is InChI=1S/C10H8N2O3.C2H6/c1-15-10(14)8-9(13)12-7-5-3-2-4-6(7)11-8;1-2/h2-5H,1H3,(H,12,13);1-2H3. The first-order valence-electron chi connectivity index (χ1n) is 5.30.